The summed E-state index contributed by atoms with van der Waals surface area (Å²) in [5, 5.41) is 19.8. The molecule has 0 atom stereocenters. The minimum Gasteiger partial charge on any atom is -0.508 e. The van der Waals surface area contributed by atoms with Gasteiger partial charge in [-0.2, -0.15) is 0 Å². The van der Waals surface area contributed by atoms with E-state index in [-0.39, 0.29) is 11.5 Å². The van der Waals surface area contributed by atoms with E-state index >= 15 is 0 Å². The van der Waals surface area contributed by atoms with Gasteiger partial charge in [0.05, 0.1) is 12.7 Å². The van der Waals surface area contributed by atoms with Gasteiger partial charge in [0, 0.05) is 24.1 Å². The number of aromatic hydroxyl groups is 2. The quantitative estimate of drug-likeness (QED) is 0.598. The Hall–Kier alpha value is -3.61. The van der Waals surface area contributed by atoms with Crippen molar-refractivity contribution < 1.29 is 14.9 Å². The second-order valence-corrected chi connectivity index (χ2v) is 5.37. The number of hydrogen-bond donors (Lipinski definition) is 2. The molecular weight excluding hydrogens is 320 g/mol. The van der Waals surface area contributed by atoms with Crippen LogP contribution >= 0.6 is 0 Å². The van der Waals surface area contributed by atoms with Crippen LogP contribution in [0.1, 0.15) is 0 Å². The molecule has 0 bridgehead atoms. The maximum absolute atomic E-state index is 10.2. The first-order chi connectivity index (χ1) is 12.2. The smallest absolute Gasteiger partial charge is 0.198 e. The average molecular weight is 334 g/mol. The van der Waals surface area contributed by atoms with Crippen molar-refractivity contribution >= 4 is 11.3 Å². The Bertz CT molecular complexity index is 1060. The molecule has 0 amide bonds. The summed E-state index contributed by atoms with van der Waals surface area (Å²) in [6, 6.07) is 11.8. The van der Waals surface area contributed by atoms with E-state index in [9.17, 15) is 10.2 Å². The number of ether oxygens (including phenoxy) is 1. The van der Waals surface area contributed by atoms with Crippen molar-refractivity contribution in [1.82, 2.24) is 19.5 Å². The van der Waals surface area contributed by atoms with Crippen molar-refractivity contribution in [3.05, 3.63) is 54.9 Å². The molecule has 0 aliphatic heterocycles. The summed E-state index contributed by atoms with van der Waals surface area (Å²) in [6.07, 6.45) is 3.15. The van der Waals surface area contributed by atoms with E-state index < -0.39 is 0 Å². The lowest BCUT2D eigenvalue weighted by Gasteiger charge is -2.10. The second-order valence-electron chi connectivity index (χ2n) is 5.37. The van der Waals surface area contributed by atoms with E-state index in [2.05, 4.69) is 15.0 Å². The lowest BCUT2D eigenvalue weighted by Crippen LogP contribution is -1.99. The zero-order valence-corrected chi connectivity index (χ0v) is 13.3. The molecule has 0 unspecified atom stereocenters. The van der Waals surface area contributed by atoms with Crippen LogP contribution in [0.15, 0.2) is 54.9 Å². The topological polar surface area (TPSA) is 93.3 Å². The van der Waals surface area contributed by atoms with E-state index in [1.54, 1.807) is 30.1 Å². The Labute approximate surface area is 142 Å². The number of imidazole rings is 1. The predicted molar refractivity (Wildman–Crippen MR) is 92.0 cm³/mol. The Morgan fingerprint density at radius 2 is 1.72 bits per heavy atom. The SMILES string of the molecule is COc1ccc(-n2c(-c3ccc(O)cc3O)nc3nccnc32)cc1. The first-order valence-electron chi connectivity index (χ1n) is 7.53. The Morgan fingerprint density at radius 3 is 2.44 bits per heavy atom. The fourth-order valence-corrected chi connectivity index (χ4v) is 2.68. The van der Waals surface area contributed by atoms with Crippen molar-refractivity contribution in [1.29, 1.82) is 0 Å². The second kappa shape index (κ2) is 5.79. The first-order valence-corrected chi connectivity index (χ1v) is 7.53. The molecule has 7 heteroatoms. The number of phenolic OH excluding ortho intramolecular Hbond substituents is 2. The van der Waals surface area contributed by atoms with Crippen LogP contribution in [0.3, 0.4) is 0 Å². The standard InChI is InChI=1S/C18H14N4O3/c1-25-13-5-2-11(3-6-13)22-17(14-7-4-12(23)10-15(14)24)21-16-18(22)20-9-8-19-16/h2-10,23-24H,1H3. The predicted octanol–water partition coefficient (Wildman–Crippen LogP) is 2.90. The van der Waals surface area contributed by atoms with Gasteiger partial charge in [0.15, 0.2) is 17.1 Å². The van der Waals surface area contributed by atoms with Crippen molar-refractivity contribution in [3.8, 4) is 34.3 Å². The van der Waals surface area contributed by atoms with Crippen LogP contribution in [0.2, 0.25) is 0 Å². The van der Waals surface area contributed by atoms with Gasteiger partial charge in [-0.3, -0.25) is 4.57 Å². The van der Waals surface area contributed by atoms with Gasteiger partial charge in [0.25, 0.3) is 0 Å². The molecule has 0 radical (unpaired) electrons. The number of phenols is 2. The fourth-order valence-electron chi connectivity index (χ4n) is 2.68. The zero-order chi connectivity index (χ0) is 17.4. The third-order valence-electron chi connectivity index (χ3n) is 3.85. The number of hydrogen-bond acceptors (Lipinski definition) is 6. The molecular formula is C18H14N4O3. The van der Waals surface area contributed by atoms with Crippen LogP contribution in [0, 0.1) is 0 Å². The summed E-state index contributed by atoms with van der Waals surface area (Å²) in [5.41, 5.74) is 2.29. The number of fused-ring (bicyclic) bond motifs is 1. The van der Waals surface area contributed by atoms with Crippen LogP contribution in [0.4, 0.5) is 0 Å². The van der Waals surface area contributed by atoms with E-state index in [1.807, 2.05) is 24.3 Å². The zero-order valence-electron chi connectivity index (χ0n) is 13.3. The van der Waals surface area contributed by atoms with Gasteiger partial charge in [-0.1, -0.05) is 0 Å². The van der Waals surface area contributed by atoms with Crippen LogP contribution < -0.4 is 4.74 Å². The number of aromatic nitrogens is 4. The molecule has 0 spiro atoms. The molecule has 0 saturated heterocycles. The van der Waals surface area contributed by atoms with Crippen LogP contribution in [0.5, 0.6) is 17.2 Å². The molecule has 0 aliphatic carbocycles. The third-order valence-corrected chi connectivity index (χ3v) is 3.85. The summed E-state index contributed by atoms with van der Waals surface area (Å²) in [4.78, 5) is 13.1. The summed E-state index contributed by atoms with van der Waals surface area (Å²) in [6.45, 7) is 0. The fraction of sp³-hybridized carbons (Fsp3) is 0.0556. The van der Waals surface area contributed by atoms with Crippen LogP contribution in [0.25, 0.3) is 28.4 Å². The molecule has 2 heterocycles. The highest BCUT2D eigenvalue weighted by molar-refractivity contribution is 5.79. The molecule has 0 fully saturated rings. The highest BCUT2D eigenvalue weighted by Gasteiger charge is 2.18. The molecule has 0 saturated carbocycles. The molecule has 0 aliphatic rings. The van der Waals surface area contributed by atoms with Crippen molar-refractivity contribution in [2.45, 2.75) is 0 Å². The third kappa shape index (κ3) is 2.51. The van der Waals surface area contributed by atoms with Gasteiger partial charge in [0.1, 0.15) is 17.2 Å². The van der Waals surface area contributed by atoms with Gasteiger partial charge in [-0.25, -0.2) is 15.0 Å². The molecule has 2 aromatic heterocycles. The molecule has 2 N–H and O–H groups in total. The normalized spacial score (nSPS) is 10.9. The minimum absolute atomic E-state index is 0.0235. The first kappa shape index (κ1) is 14.9. The van der Waals surface area contributed by atoms with Crippen molar-refractivity contribution in [3.63, 3.8) is 0 Å². The van der Waals surface area contributed by atoms with Gasteiger partial charge < -0.3 is 14.9 Å². The monoisotopic (exact) mass is 334 g/mol. The highest BCUT2D eigenvalue weighted by atomic mass is 16.5. The van der Waals surface area contributed by atoms with Crippen LogP contribution in [-0.2, 0) is 0 Å². The van der Waals surface area contributed by atoms with E-state index in [1.165, 1.54) is 12.1 Å². The maximum atomic E-state index is 10.2. The van der Waals surface area contributed by atoms with Gasteiger partial charge in [-0.05, 0) is 36.4 Å². The van der Waals surface area contributed by atoms with E-state index in [4.69, 9.17) is 4.74 Å². The van der Waals surface area contributed by atoms with E-state index in [0.29, 0.717) is 22.7 Å². The lowest BCUT2D eigenvalue weighted by molar-refractivity contribution is 0.414. The summed E-state index contributed by atoms with van der Waals surface area (Å²) < 4.78 is 7.00. The lowest BCUT2D eigenvalue weighted by atomic mass is 10.1. The van der Waals surface area contributed by atoms with Crippen molar-refractivity contribution in [2.75, 3.05) is 7.11 Å². The Balaban J connectivity index is 2.00. The van der Waals surface area contributed by atoms with Gasteiger partial charge in [0.2, 0.25) is 0 Å². The maximum Gasteiger partial charge on any atom is 0.198 e. The molecule has 4 rings (SSSR count). The molecule has 2 aromatic carbocycles. The summed E-state index contributed by atoms with van der Waals surface area (Å²) in [7, 11) is 1.60. The number of benzene rings is 2. The van der Waals surface area contributed by atoms with Gasteiger partial charge in [-0.15, -0.1) is 0 Å². The van der Waals surface area contributed by atoms with E-state index in [0.717, 1.165) is 11.4 Å². The Kier molecular flexibility index (Phi) is 3.46. The average Bonchev–Trinajstić information content (AvgIpc) is 3.01. The molecule has 25 heavy (non-hydrogen) atoms. The molecule has 4 aromatic rings. The number of rotatable bonds is 3. The summed E-state index contributed by atoms with van der Waals surface area (Å²) >= 11 is 0. The molecule has 7 nitrogen and oxygen atoms in total. The van der Waals surface area contributed by atoms with Crippen molar-refractivity contribution in [2.24, 2.45) is 0 Å². The Morgan fingerprint density at radius 1 is 0.960 bits per heavy atom. The van der Waals surface area contributed by atoms with Gasteiger partial charge >= 0.3 is 0 Å². The number of nitrogens with zero attached hydrogens (tertiary/aromatic N) is 4. The minimum atomic E-state index is -0.0786. The summed E-state index contributed by atoms with van der Waals surface area (Å²) in [5.74, 6) is 1.10. The number of methoxy groups -OCH3 is 1. The van der Waals surface area contributed by atoms with Crippen LogP contribution in [-0.4, -0.2) is 36.8 Å². The largest absolute Gasteiger partial charge is 0.508 e. The molecule has 124 valence electrons. The highest BCUT2D eigenvalue weighted by Crippen LogP contribution is 2.34.